The van der Waals surface area contributed by atoms with E-state index in [1.54, 1.807) is 12.3 Å². The summed E-state index contributed by atoms with van der Waals surface area (Å²) in [5.41, 5.74) is 0.403. The lowest BCUT2D eigenvalue weighted by atomic mass is 9.95. The van der Waals surface area contributed by atoms with E-state index in [1.807, 2.05) is 6.07 Å². The third kappa shape index (κ3) is 3.23. The summed E-state index contributed by atoms with van der Waals surface area (Å²) in [7, 11) is 1.29. The zero-order valence-electron chi connectivity index (χ0n) is 13.7. The molecule has 25 heavy (non-hydrogen) atoms. The Morgan fingerprint density at radius 2 is 2.28 bits per heavy atom. The fourth-order valence-corrected chi connectivity index (χ4v) is 4.39. The molecule has 2 fully saturated rings. The third-order valence-electron chi connectivity index (χ3n) is 4.73. The SMILES string of the molecule is COC(=O)C#Cc1cc2cc(C(=O)N[C@@H]3C[C@H]4CC[C@@H]3N4)ncc2s1. The highest BCUT2D eigenvalue weighted by atomic mass is 32.1. The van der Waals surface area contributed by atoms with Crippen molar-refractivity contribution >= 4 is 33.3 Å². The van der Waals surface area contributed by atoms with Crippen LogP contribution < -0.4 is 10.6 Å². The van der Waals surface area contributed by atoms with Crippen molar-refractivity contribution in [2.75, 3.05) is 7.11 Å². The number of rotatable bonds is 2. The van der Waals surface area contributed by atoms with Crippen LogP contribution in [0.3, 0.4) is 0 Å². The Bertz CT molecular complexity index is 911. The van der Waals surface area contributed by atoms with Crippen LogP contribution in [0.1, 0.15) is 34.6 Å². The molecule has 0 spiro atoms. The first kappa shape index (κ1) is 16.1. The highest BCUT2D eigenvalue weighted by Gasteiger charge is 2.39. The first-order valence-electron chi connectivity index (χ1n) is 8.19. The molecule has 3 atom stereocenters. The van der Waals surface area contributed by atoms with Gasteiger partial charge in [-0.05, 0) is 42.7 Å². The quantitative estimate of drug-likeness (QED) is 0.629. The van der Waals surface area contributed by atoms with E-state index in [4.69, 9.17) is 0 Å². The van der Waals surface area contributed by atoms with Crippen LogP contribution in [-0.4, -0.2) is 42.1 Å². The van der Waals surface area contributed by atoms with Gasteiger partial charge in [0, 0.05) is 30.2 Å². The second kappa shape index (κ2) is 6.47. The molecule has 7 heteroatoms. The molecule has 2 bridgehead atoms. The first-order valence-corrected chi connectivity index (χ1v) is 9.00. The van der Waals surface area contributed by atoms with E-state index < -0.39 is 5.97 Å². The summed E-state index contributed by atoms with van der Waals surface area (Å²) >= 11 is 1.43. The predicted molar refractivity (Wildman–Crippen MR) is 94.3 cm³/mol. The molecule has 4 heterocycles. The Hall–Kier alpha value is -2.43. The van der Waals surface area contributed by atoms with Gasteiger partial charge < -0.3 is 15.4 Å². The molecule has 2 N–H and O–H groups in total. The third-order valence-corrected chi connectivity index (χ3v) is 5.73. The smallest absolute Gasteiger partial charge is 0.384 e. The molecule has 2 saturated heterocycles. The van der Waals surface area contributed by atoms with Crippen LogP contribution >= 0.6 is 11.3 Å². The molecule has 0 saturated carbocycles. The monoisotopic (exact) mass is 355 g/mol. The number of pyridine rings is 1. The molecule has 2 aliphatic heterocycles. The number of hydrogen-bond acceptors (Lipinski definition) is 6. The maximum absolute atomic E-state index is 12.5. The van der Waals surface area contributed by atoms with E-state index >= 15 is 0 Å². The van der Waals surface area contributed by atoms with Crippen LogP contribution in [0.2, 0.25) is 0 Å². The van der Waals surface area contributed by atoms with Gasteiger partial charge in [-0.15, -0.1) is 11.3 Å². The van der Waals surface area contributed by atoms with Gasteiger partial charge in [-0.1, -0.05) is 0 Å². The van der Waals surface area contributed by atoms with Crippen LogP contribution in [0, 0.1) is 11.8 Å². The minimum Gasteiger partial charge on any atom is -0.459 e. The normalized spacial score (nSPS) is 24.0. The molecule has 6 nitrogen and oxygen atoms in total. The lowest BCUT2D eigenvalue weighted by molar-refractivity contribution is -0.133. The molecular weight excluding hydrogens is 338 g/mol. The molecule has 2 aromatic heterocycles. The summed E-state index contributed by atoms with van der Waals surface area (Å²) in [5, 5.41) is 7.50. The van der Waals surface area contributed by atoms with E-state index in [2.05, 4.69) is 32.2 Å². The number of ether oxygens (including phenoxy) is 1. The lowest BCUT2D eigenvalue weighted by Gasteiger charge is -2.21. The Kier molecular flexibility index (Phi) is 4.15. The van der Waals surface area contributed by atoms with E-state index in [0.717, 1.165) is 27.8 Å². The highest BCUT2D eigenvalue weighted by molar-refractivity contribution is 7.19. The lowest BCUT2D eigenvalue weighted by Crippen LogP contribution is -2.43. The number of thiophene rings is 1. The largest absolute Gasteiger partial charge is 0.459 e. The summed E-state index contributed by atoms with van der Waals surface area (Å²) in [5.74, 6) is 4.45. The van der Waals surface area contributed by atoms with Gasteiger partial charge >= 0.3 is 5.97 Å². The summed E-state index contributed by atoms with van der Waals surface area (Å²) in [4.78, 5) is 28.6. The zero-order valence-corrected chi connectivity index (χ0v) is 14.5. The number of hydrogen-bond donors (Lipinski definition) is 2. The molecule has 128 valence electrons. The summed E-state index contributed by atoms with van der Waals surface area (Å²) in [6.07, 6.45) is 4.99. The fraction of sp³-hybridized carbons (Fsp3) is 0.389. The molecule has 0 aliphatic carbocycles. The minimum atomic E-state index is -0.574. The van der Waals surface area contributed by atoms with Crippen molar-refractivity contribution in [1.29, 1.82) is 0 Å². The van der Waals surface area contributed by atoms with E-state index in [-0.39, 0.29) is 11.9 Å². The number of carbonyl (C=O) groups excluding carboxylic acids is 2. The molecule has 0 radical (unpaired) electrons. The first-order chi connectivity index (χ1) is 12.1. The number of carbonyl (C=O) groups is 2. The Morgan fingerprint density at radius 3 is 3.00 bits per heavy atom. The Labute approximate surface area is 149 Å². The van der Waals surface area contributed by atoms with Crippen LogP contribution in [0.4, 0.5) is 0 Å². The standard InChI is InChI=1S/C18H17N3O3S/c1-24-17(22)5-3-12-6-10-7-15(19-9-16(10)25-12)18(23)21-14-8-11-2-4-13(14)20-11/h6-7,9,11,13-14,20H,2,4,8H2,1H3,(H,21,23)/t11-,13+,14-/m1/s1. The molecule has 1 amide bonds. The summed E-state index contributed by atoms with van der Waals surface area (Å²) < 4.78 is 5.43. The number of nitrogens with zero attached hydrogens (tertiary/aromatic N) is 1. The van der Waals surface area contributed by atoms with Gasteiger partial charge in [0.2, 0.25) is 0 Å². The van der Waals surface area contributed by atoms with Crippen molar-refractivity contribution in [2.45, 2.75) is 37.4 Å². The van der Waals surface area contributed by atoms with Crippen LogP contribution in [-0.2, 0) is 9.53 Å². The molecule has 2 aliphatic rings. The van der Waals surface area contributed by atoms with Crippen molar-refractivity contribution in [2.24, 2.45) is 0 Å². The van der Waals surface area contributed by atoms with Gasteiger partial charge in [0.25, 0.3) is 5.91 Å². The maximum atomic E-state index is 12.5. The number of aromatic nitrogens is 1. The van der Waals surface area contributed by atoms with E-state index in [9.17, 15) is 9.59 Å². The summed E-state index contributed by atoms with van der Waals surface area (Å²) in [6, 6.07) is 4.74. The van der Waals surface area contributed by atoms with E-state index in [0.29, 0.717) is 17.8 Å². The van der Waals surface area contributed by atoms with Crippen molar-refractivity contribution in [3.8, 4) is 11.8 Å². The van der Waals surface area contributed by atoms with Gasteiger partial charge in [-0.25, -0.2) is 9.78 Å². The average molecular weight is 355 g/mol. The molecule has 4 rings (SSSR count). The van der Waals surface area contributed by atoms with Crippen molar-refractivity contribution in [3.63, 3.8) is 0 Å². The van der Waals surface area contributed by atoms with Gasteiger partial charge in [-0.3, -0.25) is 4.79 Å². The maximum Gasteiger partial charge on any atom is 0.384 e. The molecule has 2 aromatic rings. The highest BCUT2D eigenvalue weighted by Crippen LogP contribution is 2.29. The van der Waals surface area contributed by atoms with Crippen LogP contribution in [0.5, 0.6) is 0 Å². The number of nitrogens with one attached hydrogen (secondary N) is 2. The second-order valence-corrected chi connectivity index (χ2v) is 7.41. The van der Waals surface area contributed by atoms with Crippen molar-refractivity contribution < 1.29 is 14.3 Å². The fourth-order valence-electron chi connectivity index (χ4n) is 3.52. The van der Waals surface area contributed by atoms with Crippen molar-refractivity contribution in [1.82, 2.24) is 15.6 Å². The summed E-state index contributed by atoms with van der Waals surface area (Å²) in [6.45, 7) is 0. The minimum absolute atomic E-state index is 0.144. The van der Waals surface area contributed by atoms with Gasteiger partial charge in [0.1, 0.15) is 5.69 Å². The number of esters is 1. The Balaban J connectivity index is 1.51. The number of fused-ring (bicyclic) bond motifs is 3. The molecule has 0 unspecified atom stereocenters. The van der Waals surface area contributed by atoms with Gasteiger partial charge in [0.05, 0.1) is 16.7 Å². The Morgan fingerprint density at radius 1 is 1.40 bits per heavy atom. The number of methoxy groups -OCH3 is 1. The van der Waals surface area contributed by atoms with E-state index in [1.165, 1.54) is 24.9 Å². The molecular formula is C18H17N3O3S. The molecule has 0 aromatic carbocycles. The predicted octanol–water partition coefficient (Wildman–Crippen LogP) is 1.44. The van der Waals surface area contributed by atoms with Gasteiger partial charge in [0.15, 0.2) is 0 Å². The average Bonchev–Trinajstić information content (AvgIpc) is 3.33. The second-order valence-electron chi connectivity index (χ2n) is 6.32. The van der Waals surface area contributed by atoms with Crippen LogP contribution in [0.25, 0.3) is 10.1 Å². The topological polar surface area (TPSA) is 80.3 Å². The van der Waals surface area contributed by atoms with Crippen molar-refractivity contribution in [3.05, 3.63) is 28.9 Å². The zero-order chi connectivity index (χ0) is 17.4. The van der Waals surface area contributed by atoms with Crippen LogP contribution in [0.15, 0.2) is 18.3 Å². The number of amides is 1. The van der Waals surface area contributed by atoms with Gasteiger partial charge in [-0.2, -0.15) is 0 Å².